The van der Waals surface area contributed by atoms with E-state index in [1.807, 2.05) is 25.1 Å². The molecule has 0 radical (unpaired) electrons. The molecule has 2 aromatic rings. The molecule has 0 aliphatic heterocycles. The molecule has 4 heteroatoms. The van der Waals surface area contributed by atoms with Crippen LogP contribution in [-0.4, -0.2) is 15.2 Å². The maximum absolute atomic E-state index is 5.59. The Balaban J connectivity index is 2.07. The van der Waals surface area contributed by atoms with E-state index in [1.54, 1.807) is 0 Å². The molecule has 2 rings (SSSR count). The van der Waals surface area contributed by atoms with E-state index in [-0.39, 0.29) is 0 Å². The zero-order valence-corrected chi connectivity index (χ0v) is 10.3. The van der Waals surface area contributed by atoms with Gasteiger partial charge in [-0.15, -0.1) is 10.2 Å². The Morgan fingerprint density at radius 3 is 2.82 bits per heavy atom. The third-order valence-corrected chi connectivity index (χ3v) is 2.57. The number of pyridine rings is 1. The second-order valence-electron chi connectivity index (χ2n) is 4.12. The summed E-state index contributed by atoms with van der Waals surface area (Å²) in [5.74, 6) is 1.22. The average Bonchev–Trinajstić information content (AvgIpc) is 2.78. The van der Waals surface area contributed by atoms with Crippen molar-refractivity contribution in [2.45, 2.75) is 39.5 Å². The van der Waals surface area contributed by atoms with Crippen molar-refractivity contribution in [1.29, 1.82) is 0 Å². The third-order valence-electron chi connectivity index (χ3n) is 2.57. The molecule has 0 atom stereocenters. The molecule has 17 heavy (non-hydrogen) atoms. The zero-order valence-electron chi connectivity index (χ0n) is 10.3. The average molecular weight is 231 g/mol. The Morgan fingerprint density at radius 1 is 1.18 bits per heavy atom. The molecule has 0 aromatic carbocycles. The van der Waals surface area contributed by atoms with Crippen LogP contribution in [0.2, 0.25) is 0 Å². The number of aryl methyl sites for hydroxylation is 2. The van der Waals surface area contributed by atoms with Crippen LogP contribution < -0.4 is 0 Å². The van der Waals surface area contributed by atoms with Gasteiger partial charge in [-0.25, -0.2) is 4.98 Å². The topological polar surface area (TPSA) is 51.8 Å². The first kappa shape index (κ1) is 11.8. The first-order valence-corrected chi connectivity index (χ1v) is 6.06. The maximum atomic E-state index is 5.59. The number of aromatic nitrogens is 3. The van der Waals surface area contributed by atoms with Gasteiger partial charge in [0, 0.05) is 12.1 Å². The highest BCUT2D eigenvalue weighted by Crippen LogP contribution is 2.16. The quantitative estimate of drug-likeness (QED) is 0.741. The zero-order chi connectivity index (χ0) is 12.1. The van der Waals surface area contributed by atoms with Gasteiger partial charge in [0.05, 0.1) is 0 Å². The van der Waals surface area contributed by atoms with Gasteiger partial charge in [0.25, 0.3) is 5.89 Å². The fourth-order valence-corrected chi connectivity index (χ4v) is 1.65. The second-order valence-corrected chi connectivity index (χ2v) is 4.12. The van der Waals surface area contributed by atoms with Crippen LogP contribution in [0.15, 0.2) is 22.6 Å². The van der Waals surface area contributed by atoms with Crippen LogP contribution in [-0.2, 0) is 6.42 Å². The van der Waals surface area contributed by atoms with E-state index in [0.29, 0.717) is 11.8 Å². The summed E-state index contributed by atoms with van der Waals surface area (Å²) in [6.45, 7) is 4.12. The highest BCUT2D eigenvalue weighted by molar-refractivity contribution is 5.45. The van der Waals surface area contributed by atoms with Crippen molar-refractivity contribution in [3.05, 3.63) is 29.8 Å². The highest BCUT2D eigenvalue weighted by Gasteiger charge is 2.09. The Kier molecular flexibility index (Phi) is 3.85. The molecule has 0 saturated carbocycles. The highest BCUT2D eigenvalue weighted by atomic mass is 16.4. The molecule has 90 valence electrons. The Labute approximate surface area is 101 Å². The molecule has 0 unspecified atom stereocenters. The molecule has 0 saturated heterocycles. The van der Waals surface area contributed by atoms with E-state index in [2.05, 4.69) is 22.1 Å². The number of hydrogen-bond acceptors (Lipinski definition) is 4. The lowest BCUT2D eigenvalue weighted by molar-refractivity contribution is 0.491. The summed E-state index contributed by atoms with van der Waals surface area (Å²) in [5, 5.41) is 8.06. The first-order valence-electron chi connectivity index (χ1n) is 6.06. The van der Waals surface area contributed by atoms with Gasteiger partial charge in [-0.05, 0) is 25.5 Å². The summed E-state index contributed by atoms with van der Waals surface area (Å²) in [5.41, 5.74) is 1.70. The molecule has 0 aliphatic carbocycles. The molecule has 0 spiro atoms. The lowest BCUT2D eigenvalue weighted by atomic mass is 10.2. The van der Waals surface area contributed by atoms with Crippen LogP contribution in [0.25, 0.3) is 11.6 Å². The van der Waals surface area contributed by atoms with Crippen molar-refractivity contribution in [2.75, 3.05) is 0 Å². The minimum absolute atomic E-state index is 0.514. The van der Waals surface area contributed by atoms with Crippen molar-refractivity contribution >= 4 is 0 Å². The van der Waals surface area contributed by atoms with Crippen LogP contribution in [0.5, 0.6) is 0 Å². The Morgan fingerprint density at radius 2 is 2.06 bits per heavy atom. The Hall–Kier alpha value is -1.71. The predicted octanol–water partition coefficient (Wildman–Crippen LogP) is 3.17. The number of hydrogen-bond donors (Lipinski definition) is 0. The van der Waals surface area contributed by atoms with Gasteiger partial charge >= 0.3 is 0 Å². The van der Waals surface area contributed by atoms with Gasteiger partial charge in [-0.2, -0.15) is 0 Å². The maximum Gasteiger partial charge on any atom is 0.266 e. The van der Waals surface area contributed by atoms with Gasteiger partial charge in [0.1, 0.15) is 5.69 Å². The summed E-state index contributed by atoms with van der Waals surface area (Å²) in [6.07, 6.45) is 4.34. The monoisotopic (exact) mass is 231 g/mol. The number of rotatable bonds is 5. The van der Waals surface area contributed by atoms with Crippen molar-refractivity contribution in [3.63, 3.8) is 0 Å². The van der Waals surface area contributed by atoms with Gasteiger partial charge in [0.15, 0.2) is 0 Å². The minimum Gasteiger partial charge on any atom is -0.419 e. The van der Waals surface area contributed by atoms with Crippen LogP contribution in [0.1, 0.15) is 37.8 Å². The third kappa shape index (κ3) is 3.12. The number of unbranched alkanes of at least 4 members (excludes halogenated alkanes) is 2. The summed E-state index contributed by atoms with van der Waals surface area (Å²) in [4.78, 5) is 4.36. The van der Waals surface area contributed by atoms with Gasteiger partial charge < -0.3 is 4.42 Å². The lowest BCUT2D eigenvalue weighted by Gasteiger charge is -1.95. The fraction of sp³-hybridized carbons (Fsp3) is 0.462. The van der Waals surface area contributed by atoms with E-state index in [0.717, 1.165) is 24.2 Å². The van der Waals surface area contributed by atoms with E-state index in [4.69, 9.17) is 4.42 Å². The molecule has 0 aliphatic rings. The smallest absolute Gasteiger partial charge is 0.266 e. The van der Waals surface area contributed by atoms with Crippen LogP contribution in [0.4, 0.5) is 0 Å². The second kappa shape index (κ2) is 5.57. The van der Waals surface area contributed by atoms with Crippen molar-refractivity contribution < 1.29 is 4.42 Å². The summed E-state index contributed by atoms with van der Waals surface area (Å²) in [7, 11) is 0. The van der Waals surface area contributed by atoms with E-state index < -0.39 is 0 Å². The van der Waals surface area contributed by atoms with Gasteiger partial charge in [-0.3, -0.25) is 0 Å². The molecular formula is C13H17N3O. The molecule has 2 aromatic heterocycles. The normalized spacial score (nSPS) is 10.7. The molecule has 2 heterocycles. The molecule has 0 amide bonds. The SMILES string of the molecule is CCCCCc1nnc(-c2cccc(C)n2)o1. The summed E-state index contributed by atoms with van der Waals surface area (Å²) < 4.78 is 5.59. The predicted molar refractivity (Wildman–Crippen MR) is 65.5 cm³/mol. The van der Waals surface area contributed by atoms with E-state index >= 15 is 0 Å². The molecule has 0 N–H and O–H groups in total. The first-order chi connectivity index (χ1) is 8.29. The van der Waals surface area contributed by atoms with Crippen molar-refractivity contribution in [3.8, 4) is 11.6 Å². The molecule has 4 nitrogen and oxygen atoms in total. The molecule has 0 fully saturated rings. The molecular weight excluding hydrogens is 214 g/mol. The minimum atomic E-state index is 0.514. The summed E-state index contributed by atoms with van der Waals surface area (Å²) >= 11 is 0. The van der Waals surface area contributed by atoms with Crippen LogP contribution in [0.3, 0.4) is 0 Å². The van der Waals surface area contributed by atoms with Crippen molar-refractivity contribution in [2.24, 2.45) is 0 Å². The van der Waals surface area contributed by atoms with Gasteiger partial charge in [0.2, 0.25) is 5.89 Å². The standard InChI is InChI=1S/C13H17N3O/c1-3-4-5-9-12-15-16-13(17-12)11-8-6-7-10(2)14-11/h6-8H,3-5,9H2,1-2H3. The van der Waals surface area contributed by atoms with Gasteiger partial charge in [-0.1, -0.05) is 25.8 Å². The van der Waals surface area contributed by atoms with E-state index in [9.17, 15) is 0 Å². The van der Waals surface area contributed by atoms with Crippen LogP contribution in [0, 0.1) is 6.92 Å². The Bertz CT molecular complexity index is 479. The lowest BCUT2D eigenvalue weighted by Crippen LogP contribution is -1.85. The number of nitrogens with zero attached hydrogens (tertiary/aromatic N) is 3. The van der Waals surface area contributed by atoms with Crippen LogP contribution >= 0.6 is 0 Å². The largest absolute Gasteiger partial charge is 0.419 e. The fourth-order valence-electron chi connectivity index (χ4n) is 1.65. The summed E-state index contributed by atoms with van der Waals surface area (Å²) in [6, 6.07) is 5.77. The van der Waals surface area contributed by atoms with Crippen molar-refractivity contribution in [1.82, 2.24) is 15.2 Å². The van der Waals surface area contributed by atoms with E-state index in [1.165, 1.54) is 12.8 Å². The molecule has 0 bridgehead atoms.